The van der Waals surface area contributed by atoms with Gasteiger partial charge in [0, 0.05) is 24.2 Å². The van der Waals surface area contributed by atoms with Gasteiger partial charge in [-0.2, -0.15) is 0 Å². The van der Waals surface area contributed by atoms with Gasteiger partial charge in [-0.1, -0.05) is 55.8 Å². The summed E-state index contributed by atoms with van der Waals surface area (Å²) in [6.45, 7) is 3.18. The first kappa shape index (κ1) is 24.9. The van der Waals surface area contributed by atoms with E-state index in [2.05, 4.69) is 22.9 Å². The molecule has 0 spiro atoms. The van der Waals surface area contributed by atoms with Gasteiger partial charge in [0.2, 0.25) is 0 Å². The smallest absolute Gasteiger partial charge is 0.261 e. The predicted molar refractivity (Wildman–Crippen MR) is 139 cm³/mol. The molecule has 0 aliphatic carbocycles. The highest BCUT2D eigenvalue weighted by Gasteiger charge is 2.14. The fourth-order valence-electron chi connectivity index (χ4n) is 3.22. The minimum absolute atomic E-state index is 0.111. The van der Waals surface area contributed by atoms with E-state index in [0.29, 0.717) is 35.7 Å². The molecule has 0 atom stereocenters. The van der Waals surface area contributed by atoms with Crippen molar-refractivity contribution in [2.45, 2.75) is 26.2 Å². The average molecular weight is 476 g/mol. The summed E-state index contributed by atoms with van der Waals surface area (Å²) in [5.41, 5.74) is 2.80. The maximum Gasteiger partial charge on any atom is 0.261 e. The van der Waals surface area contributed by atoms with Gasteiger partial charge in [0.25, 0.3) is 11.8 Å². The van der Waals surface area contributed by atoms with Crippen molar-refractivity contribution >= 4 is 34.8 Å². The highest BCUT2D eigenvalue weighted by molar-refractivity contribution is 7.80. The van der Waals surface area contributed by atoms with Crippen LogP contribution in [0.15, 0.2) is 78.9 Å². The fourth-order valence-corrected chi connectivity index (χ4v) is 3.43. The molecular formula is C27H29N3O3S. The van der Waals surface area contributed by atoms with Gasteiger partial charge in [0.1, 0.15) is 5.75 Å². The van der Waals surface area contributed by atoms with Gasteiger partial charge in [0.05, 0.1) is 12.2 Å². The van der Waals surface area contributed by atoms with Crippen molar-refractivity contribution < 1.29 is 14.3 Å². The van der Waals surface area contributed by atoms with Gasteiger partial charge in [0.15, 0.2) is 5.11 Å². The second-order valence-corrected chi connectivity index (χ2v) is 8.08. The van der Waals surface area contributed by atoms with Gasteiger partial charge in [-0.3, -0.25) is 14.9 Å². The quantitative estimate of drug-likeness (QED) is 0.285. The summed E-state index contributed by atoms with van der Waals surface area (Å²) >= 11 is 5.30. The number of hydrogen-bond donors (Lipinski definition) is 3. The molecule has 3 aromatic rings. The van der Waals surface area contributed by atoms with Crippen LogP contribution in [-0.4, -0.2) is 30.1 Å². The zero-order chi connectivity index (χ0) is 24.2. The van der Waals surface area contributed by atoms with Crippen LogP contribution in [0.2, 0.25) is 0 Å². The van der Waals surface area contributed by atoms with E-state index in [0.717, 1.165) is 19.3 Å². The summed E-state index contributed by atoms with van der Waals surface area (Å²) in [5.74, 6) is 0.0247. The normalized spacial score (nSPS) is 10.3. The zero-order valence-corrected chi connectivity index (χ0v) is 20.0. The van der Waals surface area contributed by atoms with Crippen LogP contribution in [-0.2, 0) is 6.42 Å². The van der Waals surface area contributed by atoms with E-state index in [-0.39, 0.29) is 16.9 Å². The largest absolute Gasteiger partial charge is 0.492 e. The van der Waals surface area contributed by atoms with Crippen LogP contribution in [0.3, 0.4) is 0 Å². The summed E-state index contributed by atoms with van der Waals surface area (Å²) in [6.07, 6.45) is 2.71. The molecule has 0 saturated heterocycles. The third kappa shape index (κ3) is 7.71. The molecule has 3 N–H and O–H groups in total. The van der Waals surface area contributed by atoms with E-state index in [1.807, 2.05) is 36.4 Å². The van der Waals surface area contributed by atoms with Crippen LogP contribution in [0.1, 0.15) is 46.0 Å². The van der Waals surface area contributed by atoms with Crippen molar-refractivity contribution in [3.05, 3.63) is 95.6 Å². The molecule has 0 radical (unpaired) electrons. The number of carbonyl (C=O) groups is 2. The van der Waals surface area contributed by atoms with Crippen LogP contribution in [0, 0.1) is 0 Å². The molecule has 0 unspecified atom stereocenters. The molecule has 0 bridgehead atoms. The number of hydrogen-bond acceptors (Lipinski definition) is 4. The molecular weight excluding hydrogens is 446 g/mol. The minimum Gasteiger partial charge on any atom is -0.492 e. The van der Waals surface area contributed by atoms with E-state index in [4.69, 9.17) is 17.0 Å². The number of anilines is 1. The molecule has 0 aliphatic rings. The first-order valence-corrected chi connectivity index (χ1v) is 11.7. The Kier molecular flexibility index (Phi) is 9.61. The lowest BCUT2D eigenvalue weighted by molar-refractivity contribution is 0.0950. The number of nitrogens with one attached hydrogen (secondary N) is 3. The van der Waals surface area contributed by atoms with Gasteiger partial charge in [-0.15, -0.1) is 0 Å². The lowest BCUT2D eigenvalue weighted by atomic mass is 10.1. The zero-order valence-electron chi connectivity index (χ0n) is 19.2. The average Bonchev–Trinajstić information content (AvgIpc) is 2.85. The van der Waals surface area contributed by atoms with Crippen LogP contribution < -0.4 is 20.7 Å². The Morgan fingerprint density at radius 3 is 2.32 bits per heavy atom. The Bertz CT molecular complexity index is 1100. The van der Waals surface area contributed by atoms with Crippen molar-refractivity contribution in [2.75, 3.05) is 18.5 Å². The number of thiocarbonyl (C=S) groups is 1. The van der Waals surface area contributed by atoms with Crippen LogP contribution in [0.5, 0.6) is 5.75 Å². The third-order valence-electron chi connectivity index (χ3n) is 5.07. The minimum atomic E-state index is -0.361. The maximum atomic E-state index is 12.8. The SMILES string of the molecule is CCCCNC(=O)c1ccc(NC(=S)NC(=O)c2ccccc2OCCc2ccccc2)cc1. The van der Waals surface area contributed by atoms with E-state index in [1.165, 1.54) is 5.56 Å². The lowest BCUT2D eigenvalue weighted by Gasteiger charge is -2.13. The molecule has 7 heteroatoms. The van der Waals surface area contributed by atoms with Gasteiger partial charge < -0.3 is 15.4 Å². The van der Waals surface area contributed by atoms with Gasteiger partial charge in [-0.05, 0) is 60.6 Å². The monoisotopic (exact) mass is 475 g/mol. The Morgan fingerprint density at radius 1 is 0.882 bits per heavy atom. The number of ether oxygens (including phenoxy) is 1. The number of carbonyl (C=O) groups excluding carboxylic acids is 2. The number of rotatable bonds is 10. The number of benzene rings is 3. The molecule has 0 aliphatic heterocycles. The Balaban J connectivity index is 1.52. The van der Waals surface area contributed by atoms with E-state index in [9.17, 15) is 9.59 Å². The molecule has 3 rings (SSSR count). The summed E-state index contributed by atoms with van der Waals surface area (Å²) in [4.78, 5) is 24.9. The van der Waals surface area contributed by atoms with Gasteiger partial charge >= 0.3 is 0 Å². The van der Waals surface area contributed by atoms with E-state index in [1.54, 1.807) is 42.5 Å². The van der Waals surface area contributed by atoms with Crippen molar-refractivity contribution in [2.24, 2.45) is 0 Å². The number of amides is 2. The van der Waals surface area contributed by atoms with Crippen LogP contribution >= 0.6 is 12.2 Å². The fraction of sp³-hybridized carbons (Fsp3) is 0.222. The molecule has 0 heterocycles. The number of unbranched alkanes of at least 4 members (excludes halogenated alkanes) is 1. The standard InChI is InChI=1S/C27H29N3O3S/c1-2-3-18-28-25(31)21-13-15-22(16-14-21)29-27(34)30-26(32)23-11-7-8-12-24(23)33-19-17-20-9-5-4-6-10-20/h4-16H,2-3,17-19H2,1H3,(H,28,31)(H2,29,30,32,34). The molecule has 0 saturated carbocycles. The molecule has 0 fully saturated rings. The maximum absolute atomic E-state index is 12.8. The van der Waals surface area contributed by atoms with Crippen LogP contribution in [0.25, 0.3) is 0 Å². The second kappa shape index (κ2) is 13.1. The van der Waals surface area contributed by atoms with Crippen molar-refractivity contribution in [1.29, 1.82) is 0 Å². The molecule has 34 heavy (non-hydrogen) atoms. The molecule has 3 aromatic carbocycles. The summed E-state index contributed by atoms with van der Waals surface area (Å²) < 4.78 is 5.87. The van der Waals surface area contributed by atoms with Crippen molar-refractivity contribution in [3.63, 3.8) is 0 Å². The Labute approximate surface area is 205 Å². The van der Waals surface area contributed by atoms with Crippen LogP contribution in [0.4, 0.5) is 5.69 Å². The Morgan fingerprint density at radius 2 is 1.59 bits per heavy atom. The van der Waals surface area contributed by atoms with E-state index < -0.39 is 0 Å². The predicted octanol–water partition coefficient (Wildman–Crippen LogP) is 4.96. The van der Waals surface area contributed by atoms with Crippen molar-refractivity contribution in [1.82, 2.24) is 10.6 Å². The highest BCUT2D eigenvalue weighted by atomic mass is 32.1. The second-order valence-electron chi connectivity index (χ2n) is 7.68. The number of para-hydroxylation sites is 1. The summed E-state index contributed by atoms with van der Waals surface area (Å²) in [6, 6.07) is 24.0. The summed E-state index contributed by atoms with van der Waals surface area (Å²) in [7, 11) is 0. The third-order valence-corrected chi connectivity index (χ3v) is 5.27. The van der Waals surface area contributed by atoms with Crippen molar-refractivity contribution in [3.8, 4) is 5.75 Å². The molecule has 176 valence electrons. The summed E-state index contributed by atoms with van der Waals surface area (Å²) in [5, 5.41) is 8.70. The van der Waals surface area contributed by atoms with E-state index >= 15 is 0 Å². The molecule has 2 amide bonds. The molecule has 6 nitrogen and oxygen atoms in total. The lowest BCUT2D eigenvalue weighted by Crippen LogP contribution is -2.34. The first-order valence-electron chi connectivity index (χ1n) is 11.3. The molecule has 0 aromatic heterocycles. The van der Waals surface area contributed by atoms with Gasteiger partial charge in [-0.25, -0.2) is 0 Å². The Hall–Kier alpha value is -3.71. The highest BCUT2D eigenvalue weighted by Crippen LogP contribution is 2.18. The topological polar surface area (TPSA) is 79.5 Å². The first-order chi connectivity index (χ1) is 16.6.